The zero-order valence-corrected chi connectivity index (χ0v) is 9.32. The molecule has 0 saturated carbocycles. The van der Waals surface area contributed by atoms with E-state index in [4.69, 9.17) is 5.11 Å². The second-order valence-corrected chi connectivity index (χ2v) is 3.67. The highest BCUT2D eigenvalue weighted by Crippen LogP contribution is 2.45. The highest BCUT2D eigenvalue weighted by atomic mass is 19.4. The molecular weight excluding hydrogens is 311 g/mol. The Balaban J connectivity index is 3.68. The van der Waals surface area contributed by atoms with Crippen LogP contribution in [0, 0.1) is 0 Å². The van der Waals surface area contributed by atoms with Gasteiger partial charge in [0.05, 0.1) is 5.56 Å². The Morgan fingerprint density at radius 1 is 0.950 bits per heavy atom. The number of aliphatic hydroxyl groups is 1. The number of hydrogen-bond donors (Lipinski definition) is 1. The van der Waals surface area contributed by atoms with Crippen molar-refractivity contribution in [2.45, 2.75) is 24.6 Å². The lowest BCUT2D eigenvalue weighted by atomic mass is 10.1. The number of halogens is 9. The van der Waals surface area contributed by atoms with Gasteiger partial charge in [-0.25, -0.2) is 0 Å². The van der Waals surface area contributed by atoms with Gasteiger partial charge in [0.15, 0.2) is 11.8 Å². The zero-order valence-electron chi connectivity index (χ0n) is 9.32. The Hall–Kier alpha value is -1.46. The highest BCUT2D eigenvalue weighted by molar-refractivity contribution is 5.33. The van der Waals surface area contributed by atoms with E-state index in [2.05, 4.69) is 5.10 Å². The average Bonchev–Trinajstić information content (AvgIpc) is 2.51. The van der Waals surface area contributed by atoms with Crippen molar-refractivity contribution in [3.8, 4) is 0 Å². The predicted octanol–water partition coefficient (Wildman–Crippen LogP) is 3.05. The third-order valence-corrected chi connectivity index (χ3v) is 2.20. The SMILES string of the molecule is Cn1nc(C(F)(F)F)c(C(O)C(F)(F)F)c1C(F)(F)F. The first-order valence-electron chi connectivity index (χ1n) is 4.63. The summed E-state index contributed by atoms with van der Waals surface area (Å²) in [5, 5.41) is 11.2. The molecule has 1 unspecified atom stereocenters. The second kappa shape index (κ2) is 4.53. The molecule has 0 saturated heterocycles. The number of hydrogen-bond acceptors (Lipinski definition) is 2. The van der Waals surface area contributed by atoms with Crippen molar-refractivity contribution in [2.24, 2.45) is 7.05 Å². The van der Waals surface area contributed by atoms with Crippen LogP contribution in [0.3, 0.4) is 0 Å². The monoisotopic (exact) mass is 316 g/mol. The molecule has 0 spiro atoms. The number of aryl methyl sites for hydroxylation is 1. The van der Waals surface area contributed by atoms with Crippen LogP contribution < -0.4 is 0 Å². The maximum absolute atomic E-state index is 12.6. The minimum atomic E-state index is -5.71. The number of nitrogens with zero attached hydrogens (tertiary/aromatic N) is 2. The summed E-state index contributed by atoms with van der Waals surface area (Å²) in [4.78, 5) is 0. The molecule has 0 amide bonds. The van der Waals surface area contributed by atoms with E-state index in [9.17, 15) is 39.5 Å². The van der Waals surface area contributed by atoms with Crippen LogP contribution >= 0.6 is 0 Å². The molecule has 1 atom stereocenters. The van der Waals surface area contributed by atoms with Crippen LogP contribution in [0.2, 0.25) is 0 Å². The van der Waals surface area contributed by atoms with Crippen LogP contribution in [-0.4, -0.2) is 21.1 Å². The van der Waals surface area contributed by atoms with Gasteiger partial charge in [-0.3, -0.25) is 4.68 Å². The molecule has 0 radical (unpaired) electrons. The van der Waals surface area contributed by atoms with E-state index in [0.717, 1.165) is 0 Å². The second-order valence-electron chi connectivity index (χ2n) is 3.67. The van der Waals surface area contributed by atoms with Crippen molar-refractivity contribution in [3.05, 3.63) is 17.0 Å². The van der Waals surface area contributed by atoms with E-state index >= 15 is 0 Å². The van der Waals surface area contributed by atoms with E-state index in [0.29, 0.717) is 7.05 Å². The molecule has 0 bridgehead atoms. The summed E-state index contributed by atoms with van der Waals surface area (Å²) in [7, 11) is 0.394. The van der Waals surface area contributed by atoms with E-state index < -0.39 is 46.3 Å². The lowest BCUT2D eigenvalue weighted by Gasteiger charge is -2.18. The van der Waals surface area contributed by atoms with Gasteiger partial charge in [-0.05, 0) is 0 Å². The topological polar surface area (TPSA) is 38.0 Å². The maximum atomic E-state index is 12.6. The molecule has 20 heavy (non-hydrogen) atoms. The van der Waals surface area contributed by atoms with Gasteiger partial charge in [0, 0.05) is 7.05 Å². The molecule has 1 aromatic rings. The summed E-state index contributed by atoms with van der Waals surface area (Å²) in [5.74, 6) is 0. The van der Waals surface area contributed by atoms with Gasteiger partial charge < -0.3 is 5.11 Å². The lowest BCUT2D eigenvalue weighted by Crippen LogP contribution is -2.26. The van der Waals surface area contributed by atoms with E-state index in [1.54, 1.807) is 0 Å². The molecule has 0 aliphatic rings. The minimum Gasteiger partial charge on any atom is -0.379 e. The molecule has 12 heteroatoms. The van der Waals surface area contributed by atoms with E-state index in [1.807, 2.05) is 0 Å². The summed E-state index contributed by atoms with van der Waals surface area (Å²) < 4.78 is 111. The van der Waals surface area contributed by atoms with Crippen molar-refractivity contribution >= 4 is 0 Å². The van der Waals surface area contributed by atoms with Crippen LogP contribution in [-0.2, 0) is 19.4 Å². The molecule has 3 nitrogen and oxygen atoms in total. The van der Waals surface area contributed by atoms with Gasteiger partial charge >= 0.3 is 18.5 Å². The number of rotatable bonds is 1. The molecule has 1 heterocycles. The standard InChI is InChI=1S/C8H5F9N2O/c1-19-4(7(12,13)14)2(5(20)8(15,16)17)3(18-19)6(9,10)11/h5,20H,1H3. The fourth-order valence-corrected chi connectivity index (χ4v) is 1.51. The van der Waals surface area contributed by atoms with Gasteiger partial charge in [-0.2, -0.15) is 44.6 Å². The largest absolute Gasteiger partial charge is 0.435 e. The first kappa shape index (κ1) is 16.6. The summed E-state index contributed by atoms with van der Waals surface area (Å²) in [5.41, 5.74) is -7.10. The van der Waals surface area contributed by atoms with E-state index in [-0.39, 0.29) is 0 Å². The van der Waals surface area contributed by atoms with Crippen LogP contribution in [0.1, 0.15) is 23.1 Å². The van der Waals surface area contributed by atoms with Crippen LogP contribution in [0.25, 0.3) is 0 Å². The molecule has 0 fully saturated rings. The van der Waals surface area contributed by atoms with Gasteiger partial charge in [0.1, 0.15) is 5.69 Å². The molecular formula is C8H5F9N2O. The first-order chi connectivity index (χ1) is 8.67. The quantitative estimate of drug-likeness (QED) is 0.809. The molecule has 116 valence electrons. The Kier molecular flexibility index (Phi) is 3.76. The summed E-state index contributed by atoms with van der Waals surface area (Å²) in [6.07, 6.45) is -20.8. The molecule has 1 rings (SSSR count). The average molecular weight is 316 g/mol. The molecule has 1 N–H and O–H groups in total. The van der Waals surface area contributed by atoms with Crippen LogP contribution in [0.15, 0.2) is 0 Å². The Bertz CT molecular complexity index is 496. The van der Waals surface area contributed by atoms with Crippen LogP contribution in [0.4, 0.5) is 39.5 Å². The van der Waals surface area contributed by atoms with Gasteiger partial charge in [0.25, 0.3) is 0 Å². The Labute approximate surface area is 104 Å². The van der Waals surface area contributed by atoms with Gasteiger partial charge in [0.2, 0.25) is 0 Å². The zero-order chi connectivity index (χ0) is 16.1. The lowest BCUT2D eigenvalue weighted by molar-refractivity contribution is -0.212. The van der Waals surface area contributed by atoms with E-state index in [1.165, 1.54) is 0 Å². The number of aromatic nitrogens is 2. The predicted molar refractivity (Wildman–Crippen MR) is 44.2 cm³/mol. The third-order valence-electron chi connectivity index (χ3n) is 2.20. The number of aliphatic hydroxyl groups excluding tert-OH is 1. The summed E-state index contributed by atoms with van der Waals surface area (Å²) in [6, 6.07) is 0. The highest BCUT2D eigenvalue weighted by Gasteiger charge is 2.53. The molecule has 0 aliphatic carbocycles. The molecule has 0 aromatic carbocycles. The maximum Gasteiger partial charge on any atom is 0.435 e. The van der Waals surface area contributed by atoms with Crippen molar-refractivity contribution in [2.75, 3.05) is 0 Å². The summed E-state index contributed by atoms with van der Waals surface area (Å²) in [6.45, 7) is 0. The van der Waals surface area contributed by atoms with Crippen molar-refractivity contribution in [1.29, 1.82) is 0 Å². The Morgan fingerprint density at radius 3 is 1.70 bits per heavy atom. The number of alkyl halides is 9. The van der Waals surface area contributed by atoms with Crippen molar-refractivity contribution in [3.63, 3.8) is 0 Å². The normalized spacial score (nSPS) is 15.6. The Morgan fingerprint density at radius 2 is 1.40 bits per heavy atom. The fourth-order valence-electron chi connectivity index (χ4n) is 1.51. The smallest absolute Gasteiger partial charge is 0.379 e. The summed E-state index contributed by atoms with van der Waals surface area (Å²) >= 11 is 0. The fraction of sp³-hybridized carbons (Fsp3) is 0.625. The van der Waals surface area contributed by atoms with Crippen molar-refractivity contribution in [1.82, 2.24) is 9.78 Å². The third kappa shape index (κ3) is 2.99. The van der Waals surface area contributed by atoms with Gasteiger partial charge in [-0.15, -0.1) is 0 Å². The first-order valence-corrected chi connectivity index (χ1v) is 4.63. The van der Waals surface area contributed by atoms with Crippen molar-refractivity contribution < 1.29 is 44.6 Å². The minimum absolute atomic E-state index is 0.394. The van der Waals surface area contributed by atoms with Gasteiger partial charge in [-0.1, -0.05) is 0 Å². The van der Waals surface area contributed by atoms with Crippen LogP contribution in [0.5, 0.6) is 0 Å². The molecule has 1 aromatic heterocycles. The molecule has 0 aliphatic heterocycles.